The second-order valence-electron chi connectivity index (χ2n) is 5.63. The van der Waals surface area contributed by atoms with Crippen LogP contribution in [0.4, 0.5) is 13.2 Å². The first-order valence-corrected chi connectivity index (χ1v) is 6.60. The number of methoxy groups -OCH3 is 2. The number of aliphatic hydroxyl groups excluding tert-OH is 1. The van der Waals surface area contributed by atoms with Crippen molar-refractivity contribution in [2.75, 3.05) is 14.2 Å². The molecule has 2 saturated carbocycles. The third-order valence-corrected chi connectivity index (χ3v) is 4.98. The summed E-state index contributed by atoms with van der Waals surface area (Å²) < 4.78 is 51.1. The fourth-order valence-corrected chi connectivity index (χ4v) is 3.66. The maximum Gasteiger partial charge on any atom is 0.397 e. The van der Waals surface area contributed by atoms with E-state index in [2.05, 4.69) is 0 Å². The first-order chi connectivity index (χ1) is 9.22. The van der Waals surface area contributed by atoms with Crippen LogP contribution in [0.2, 0.25) is 0 Å². The monoisotopic (exact) mass is 296 g/mol. The molecule has 20 heavy (non-hydrogen) atoms. The van der Waals surface area contributed by atoms with Crippen LogP contribution >= 0.6 is 0 Å². The van der Waals surface area contributed by atoms with Crippen LogP contribution in [0, 0.1) is 11.3 Å². The Morgan fingerprint density at radius 3 is 2.35 bits per heavy atom. The number of hydrogen-bond donors (Lipinski definition) is 1. The smallest absolute Gasteiger partial charge is 0.392 e. The van der Waals surface area contributed by atoms with E-state index in [1.165, 1.54) is 14.2 Å². The van der Waals surface area contributed by atoms with Gasteiger partial charge in [-0.05, 0) is 12.8 Å². The van der Waals surface area contributed by atoms with Crippen molar-refractivity contribution in [1.29, 1.82) is 0 Å². The van der Waals surface area contributed by atoms with E-state index in [0.29, 0.717) is 0 Å². The Morgan fingerprint density at radius 2 is 1.85 bits per heavy atom. The third-order valence-electron chi connectivity index (χ3n) is 4.98. The van der Waals surface area contributed by atoms with Gasteiger partial charge in [0, 0.05) is 39.4 Å². The van der Waals surface area contributed by atoms with E-state index in [0.717, 1.165) is 0 Å². The summed E-state index contributed by atoms with van der Waals surface area (Å²) in [5.74, 6) is -2.95. The van der Waals surface area contributed by atoms with Crippen LogP contribution in [-0.4, -0.2) is 43.2 Å². The standard InChI is InChI=1S/C13H19F3O4/c1-19-11(20-2)5-6-12(13(14,15)16)8(7-11)9(17)3-4-10(12)18/h8,10,18H,3-7H2,1-2H3/t8-,10-,12+/m0/s1. The van der Waals surface area contributed by atoms with E-state index < -0.39 is 35.2 Å². The summed E-state index contributed by atoms with van der Waals surface area (Å²) in [5.41, 5.74) is -2.36. The summed E-state index contributed by atoms with van der Waals surface area (Å²) >= 11 is 0. The van der Waals surface area contributed by atoms with Gasteiger partial charge in [-0.15, -0.1) is 0 Å². The average molecular weight is 296 g/mol. The van der Waals surface area contributed by atoms with Gasteiger partial charge < -0.3 is 14.6 Å². The largest absolute Gasteiger partial charge is 0.397 e. The highest BCUT2D eigenvalue weighted by Crippen LogP contribution is 2.60. The first-order valence-electron chi connectivity index (χ1n) is 6.60. The van der Waals surface area contributed by atoms with Crippen LogP contribution < -0.4 is 0 Å². The lowest BCUT2D eigenvalue weighted by Crippen LogP contribution is -2.63. The van der Waals surface area contributed by atoms with Gasteiger partial charge >= 0.3 is 6.18 Å². The molecule has 2 rings (SSSR count). The molecular formula is C13H19F3O4. The summed E-state index contributed by atoms with van der Waals surface area (Å²) in [5, 5.41) is 9.97. The molecule has 3 atom stereocenters. The minimum Gasteiger partial charge on any atom is -0.392 e. The van der Waals surface area contributed by atoms with Crippen molar-refractivity contribution < 1.29 is 32.5 Å². The molecule has 0 aromatic heterocycles. The number of ether oxygens (including phenoxy) is 2. The van der Waals surface area contributed by atoms with Crippen molar-refractivity contribution in [2.45, 2.75) is 50.2 Å². The van der Waals surface area contributed by atoms with E-state index in [1.54, 1.807) is 0 Å². The molecule has 0 bridgehead atoms. The SMILES string of the molecule is COC1(OC)CC[C@]2(C(F)(F)F)[C@@H](O)CCC(=O)[C@@H]2C1. The number of rotatable bonds is 2. The fraction of sp³-hybridized carbons (Fsp3) is 0.923. The number of halogens is 3. The molecule has 116 valence electrons. The number of alkyl halides is 3. The van der Waals surface area contributed by atoms with Crippen LogP contribution in [0.5, 0.6) is 0 Å². The normalized spacial score (nSPS) is 37.6. The van der Waals surface area contributed by atoms with Gasteiger partial charge in [0.2, 0.25) is 0 Å². The topological polar surface area (TPSA) is 55.8 Å². The minimum absolute atomic E-state index is 0.000347. The number of hydrogen-bond acceptors (Lipinski definition) is 4. The van der Waals surface area contributed by atoms with Gasteiger partial charge in [0.05, 0.1) is 6.10 Å². The fourth-order valence-electron chi connectivity index (χ4n) is 3.66. The molecule has 0 amide bonds. The van der Waals surface area contributed by atoms with Crippen molar-refractivity contribution in [3.8, 4) is 0 Å². The molecule has 0 radical (unpaired) electrons. The maximum absolute atomic E-state index is 13.6. The first kappa shape index (κ1) is 15.7. The predicted octanol–water partition coefficient (Wildman–Crippen LogP) is 2.05. The molecule has 0 aromatic rings. The van der Waals surface area contributed by atoms with E-state index in [9.17, 15) is 23.1 Å². The zero-order chi connectivity index (χ0) is 15.2. The zero-order valence-electron chi connectivity index (χ0n) is 11.5. The van der Waals surface area contributed by atoms with Gasteiger partial charge in [0.25, 0.3) is 0 Å². The summed E-state index contributed by atoms with van der Waals surface area (Å²) in [6.07, 6.45) is -6.88. The third kappa shape index (κ3) is 2.07. The zero-order valence-corrected chi connectivity index (χ0v) is 11.5. The molecule has 0 heterocycles. The number of fused-ring (bicyclic) bond motifs is 1. The highest BCUT2D eigenvalue weighted by molar-refractivity contribution is 5.83. The molecule has 0 spiro atoms. The number of ketones is 1. The maximum atomic E-state index is 13.6. The summed E-state index contributed by atoms with van der Waals surface area (Å²) in [7, 11) is 2.71. The summed E-state index contributed by atoms with van der Waals surface area (Å²) in [6, 6.07) is 0. The number of carbonyl (C=O) groups is 1. The Bertz CT molecular complexity index is 392. The lowest BCUT2D eigenvalue weighted by Gasteiger charge is -2.54. The van der Waals surface area contributed by atoms with E-state index in [1.807, 2.05) is 0 Å². The minimum atomic E-state index is -4.62. The van der Waals surface area contributed by atoms with Crippen LogP contribution in [0.3, 0.4) is 0 Å². The van der Waals surface area contributed by atoms with Crippen molar-refractivity contribution >= 4 is 5.78 Å². The lowest BCUT2D eigenvalue weighted by atomic mass is 9.55. The van der Waals surface area contributed by atoms with Crippen molar-refractivity contribution in [2.24, 2.45) is 11.3 Å². The summed E-state index contributed by atoms with van der Waals surface area (Å²) in [4.78, 5) is 12.0. The summed E-state index contributed by atoms with van der Waals surface area (Å²) in [6.45, 7) is 0. The molecule has 0 aliphatic heterocycles. The Labute approximate surface area is 115 Å². The number of carbonyl (C=O) groups excluding carboxylic acids is 1. The van der Waals surface area contributed by atoms with Gasteiger partial charge in [-0.1, -0.05) is 0 Å². The molecule has 4 nitrogen and oxygen atoms in total. The Kier molecular flexibility index (Phi) is 3.90. The van der Waals surface area contributed by atoms with Gasteiger partial charge in [0.1, 0.15) is 11.2 Å². The van der Waals surface area contributed by atoms with Crippen molar-refractivity contribution in [3.05, 3.63) is 0 Å². The average Bonchev–Trinajstić information content (AvgIpc) is 2.41. The number of Topliss-reactive ketones (excluding diaryl/α,β-unsaturated/α-hetero) is 1. The quantitative estimate of drug-likeness (QED) is 0.792. The Balaban J connectivity index is 2.44. The van der Waals surface area contributed by atoms with Gasteiger partial charge in [-0.3, -0.25) is 4.79 Å². The molecular weight excluding hydrogens is 277 g/mol. The van der Waals surface area contributed by atoms with Crippen molar-refractivity contribution in [1.82, 2.24) is 0 Å². The lowest BCUT2D eigenvalue weighted by molar-refractivity contribution is -0.323. The molecule has 2 fully saturated rings. The van der Waals surface area contributed by atoms with Gasteiger partial charge in [-0.2, -0.15) is 13.2 Å². The molecule has 0 unspecified atom stereocenters. The van der Waals surface area contributed by atoms with Crippen molar-refractivity contribution in [3.63, 3.8) is 0 Å². The highest BCUT2D eigenvalue weighted by atomic mass is 19.4. The van der Waals surface area contributed by atoms with E-state index >= 15 is 0 Å². The molecule has 2 aliphatic carbocycles. The van der Waals surface area contributed by atoms with Crippen LogP contribution in [-0.2, 0) is 14.3 Å². The molecule has 7 heteroatoms. The van der Waals surface area contributed by atoms with Crippen LogP contribution in [0.1, 0.15) is 32.1 Å². The van der Waals surface area contributed by atoms with Gasteiger partial charge in [-0.25, -0.2) is 0 Å². The Morgan fingerprint density at radius 1 is 1.25 bits per heavy atom. The Hall–Kier alpha value is -0.660. The second-order valence-corrected chi connectivity index (χ2v) is 5.63. The number of aliphatic hydroxyl groups is 1. The molecule has 0 aromatic carbocycles. The van der Waals surface area contributed by atoms with Crippen LogP contribution in [0.15, 0.2) is 0 Å². The highest BCUT2D eigenvalue weighted by Gasteiger charge is 2.69. The van der Waals surface area contributed by atoms with E-state index in [-0.39, 0.29) is 32.1 Å². The second kappa shape index (κ2) is 4.96. The molecule has 2 aliphatic rings. The molecule has 0 saturated heterocycles. The van der Waals surface area contributed by atoms with Gasteiger partial charge in [0.15, 0.2) is 5.79 Å². The van der Waals surface area contributed by atoms with Crippen LogP contribution in [0.25, 0.3) is 0 Å². The predicted molar refractivity (Wildman–Crippen MR) is 62.8 cm³/mol. The molecule has 1 N–H and O–H groups in total. The van der Waals surface area contributed by atoms with E-state index in [4.69, 9.17) is 9.47 Å².